The van der Waals surface area contributed by atoms with Gasteiger partial charge in [-0.05, 0) is 34.1 Å². The molecule has 0 aliphatic carbocycles. The van der Waals surface area contributed by atoms with Gasteiger partial charge >= 0.3 is 0 Å². The molecule has 0 amide bonds. The Labute approximate surface area is 123 Å². The molecule has 0 aliphatic heterocycles. The molecule has 0 radical (unpaired) electrons. The van der Waals surface area contributed by atoms with Gasteiger partial charge in [0.25, 0.3) is 0 Å². The van der Waals surface area contributed by atoms with Crippen molar-refractivity contribution in [2.24, 2.45) is 0 Å². The molecule has 0 aliphatic rings. The fourth-order valence-corrected chi connectivity index (χ4v) is 2.14. The topological polar surface area (TPSA) is 39.9 Å². The molecule has 0 N–H and O–H groups in total. The van der Waals surface area contributed by atoms with Crippen molar-refractivity contribution in [2.45, 2.75) is 12.4 Å². The van der Waals surface area contributed by atoms with Crippen LogP contribution in [0.15, 0.2) is 22.7 Å². The van der Waals surface area contributed by atoms with E-state index < -0.39 is 0 Å². The number of methoxy groups -OCH3 is 1. The van der Waals surface area contributed by atoms with Gasteiger partial charge in [-0.1, -0.05) is 0 Å². The number of halogens is 3. The molecule has 7 heteroatoms. The highest BCUT2D eigenvalue weighted by Crippen LogP contribution is 2.24. The molecule has 1 aromatic carbocycles. The lowest BCUT2D eigenvalue weighted by atomic mass is 10.2. The maximum Gasteiger partial charge on any atom is 0.164 e. The van der Waals surface area contributed by atoms with Crippen LogP contribution in [0.4, 0.5) is 4.39 Å². The van der Waals surface area contributed by atoms with Crippen molar-refractivity contribution in [3.05, 3.63) is 34.3 Å². The summed E-state index contributed by atoms with van der Waals surface area (Å²) in [6.07, 6.45) is 0. The zero-order valence-corrected chi connectivity index (χ0v) is 12.6. The van der Waals surface area contributed by atoms with E-state index in [9.17, 15) is 4.39 Å². The predicted octanol–water partition coefficient (Wildman–Crippen LogP) is 3.23. The summed E-state index contributed by atoms with van der Waals surface area (Å²) in [4.78, 5) is 0. The molecule has 2 rings (SSSR count). The maximum absolute atomic E-state index is 13.6. The van der Waals surface area contributed by atoms with Crippen LogP contribution in [-0.2, 0) is 17.2 Å². The molecule has 1 aromatic heterocycles. The van der Waals surface area contributed by atoms with Crippen molar-refractivity contribution >= 4 is 27.5 Å². The van der Waals surface area contributed by atoms with Crippen molar-refractivity contribution in [3.8, 4) is 11.4 Å². The van der Waals surface area contributed by atoms with E-state index in [0.29, 0.717) is 34.8 Å². The van der Waals surface area contributed by atoms with E-state index in [4.69, 9.17) is 16.3 Å². The average molecular weight is 349 g/mol. The Bertz CT molecular complexity index is 576. The second-order valence-electron chi connectivity index (χ2n) is 3.85. The summed E-state index contributed by atoms with van der Waals surface area (Å²) in [6, 6.07) is 4.83. The monoisotopic (exact) mass is 347 g/mol. The fraction of sp³-hybridized carbons (Fsp3) is 0.333. The van der Waals surface area contributed by atoms with Crippen LogP contribution in [-0.4, -0.2) is 28.5 Å². The maximum atomic E-state index is 13.6. The fourth-order valence-electron chi connectivity index (χ4n) is 1.70. The van der Waals surface area contributed by atoms with Crippen LogP contribution in [0.3, 0.4) is 0 Å². The number of nitrogens with zero attached hydrogens (tertiary/aromatic N) is 3. The highest BCUT2D eigenvalue weighted by atomic mass is 79.9. The Morgan fingerprint density at radius 3 is 2.84 bits per heavy atom. The second-order valence-corrected chi connectivity index (χ2v) is 4.97. The highest BCUT2D eigenvalue weighted by molar-refractivity contribution is 9.10. The quantitative estimate of drug-likeness (QED) is 0.779. The third-order valence-corrected chi connectivity index (χ3v) is 3.53. The lowest BCUT2D eigenvalue weighted by Crippen LogP contribution is -2.09. The van der Waals surface area contributed by atoms with Crippen LogP contribution in [0, 0.1) is 5.82 Å². The summed E-state index contributed by atoms with van der Waals surface area (Å²) in [6.45, 7) is 1.08. The molecule has 19 heavy (non-hydrogen) atoms. The van der Waals surface area contributed by atoms with Crippen LogP contribution in [0.5, 0.6) is 0 Å². The van der Waals surface area contributed by atoms with Crippen molar-refractivity contribution in [1.29, 1.82) is 0 Å². The van der Waals surface area contributed by atoms with Gasteiger partial charge in [0.05, 0.1) is 17.0 Å². The summed E-state index contributed by atoms with van der Waals surface area (Å²) in [5, 5.41) is 8.08. The third-order valence-electron chi connectivity index (χ3n) is 2.64. The van der Waals surface area contributed by atoms with Gasteiger partial charge in [-0.3, -0.25) is 0 Å². The Kier molecular flexibility index (Phi) is 4.90. The molecule has 0 unspecified atom stereocenters. The SMILES string of the molecule is COCCn1c(CCl)nnc1-c1ccc(Br)c(F)c1. The normalized spacial score (nSPS) is 10.9. The first-order valence-corrected chi connectivity index (χ1v) is 6.92. The Hall–Kier alpha value is -0.980. The zero-order valence-electron chi connectivity index (χ0n) is 10.2. The summed E-state index contributed by atoms with van der Waals surface area (Å²) in [7, 11) is 1.61. The number of hydrogen-bond acceptors (Lipinski definition) is 3. The molecule has 102 valence electrons. The Morgan fingerprint density at radius 2 is 2.21 bits per heavy atom. The van der Waals surface area contributed by atoms with E-state index in [2.05, 4.69) is 26.1 Å². The minimum Gasteiger partial charge on any atom is -0.383 e. The molecular formula is C12H12BrClFN3O. The van der Waals surface area contributed by atoms with Crippen LogP contribution < -0.4 is 0 Å². The van der Waals surface area contributed by atoms with E-state index in [1.54, 1.807) is 19.2 Å². The molecule has 0 saturated heterocycles. The van der Waals surface area contributed by atoms with Crippen molar-refractivity contribution in [2.75, 3.05) is 13.7 Å². The van der Waals surface area contributed by atoms with E-state index in [1.807, 2.05) is 4.57 Å². The van der Waals surface area contributed by atoms with E-state index in [0.717, 1.165) is 0 Å². The summed E-state index contributed by atoms with van der Waals surface area (Å²) in [5.41, 5.74) is 0.653. The second kappa shape index (κ2) is 6.45. The molecule has 4 nitrogen and oxygen atoms in total. The van der Waals surface area contributed by atoms with Crippen LogP contribution >= 0.6 is 27.5 Å². The summed E-state index contributed by atoms with van der Waals surface area (Å²) >= 11 is 8.94. The first kappa shape index (κ1) is 14.4. The molecule has 0 bridgehead atoms. The predicted molar refractivity (Wildman–Crippen MR) is 74.5 cm³/mol. The largest absolute Gasteiger partial charge is 0.383 e. The van der Waals surface area contributed by atoms with Gasteiger partial charge < -0.3 is 9.30 Å². The van der Waals surface area contributed by atoms with Crippen LogP contribution in [0.1, 0.15) is 5.82 Å². The molecular weight excluding hydrogens is 337 g/mol. The van der Waals surface area contributed by atoms with Crippen LogP contribution in [0.2, 0.25) is 0 Å². The van der Waals surface area contributed by atoms with Gasteiger partial charge in [0.15, 0.2) is 5.82 Å². The minimum absolute atomic E-state index is 0.246. The van der Waals surface area contributed by atoms with Crippen molar-refractivity contribution in [3.63, 3.8) is 0 Å². The molecule has 0 spiro atoms. The third kappa shape index (κ3) is 3.13. The van der Waals surface area contributed by atoms with Gasteiger partial charge in [0.2, 0.25) is 0 Å². The van der Waals surface area contributed by atoms with Gasteiger partial charge in [0.1, 0.15) is 11.6 Å². The molecule has 0 atom stereocenters. The number of rotatable bonds is 5. The first-order chi connectivity index (χ1) is 9.17. The Balaban J connectivity index is 2.42. The van der Waals surface area contributed by atoms with Crippen LogP contribution in [0.25, 0.3) is 11.4 Å². The van der Waals surface area contributed by atoms with Gasteiger partial charge in [0, 0.05) is 19.2 Å². The lowest BCUT2D eigenvalue weighted by molar-refractivity contribution is 0.187. The number of ether oxygens (including phenoxy) is 1. The van der Waals surface area contributed by atoms with Gasteiger partial charge in [-0.15, -0.1) is 21.8 Å². The minimum atomic E-state index is -0.341. The summed E-state index contributed by atoms with van der Waals surface area (Å²) in [5.74, 6) is 1.12. The van der Waals surface area contributed by atoms with E-state index >= 15 is 0 Å². The molecule has 0 saturated carbocycles. The average Bonchev–Trinajstić information content (AvgIpc) is 2.82. The van der Waals surface area contributed by atoms with Crippen molar-refractivity contribution in [1.82, 2.24) is 14.8 Å². The number of hydrogen-bond donors (Lipinski definition) is 0. The number of aromatic nitrogens is 3. The number of alkyl halides is 1. The molecule has 1 heterocycles. The molecule has 2 aromatic rings. The van der Waals surface area contributed by atoms with Gasteiger partial charge in [-0.25, -0.2) is 4.39 Å². The molecule has 0 fully saturated rings. The van der Waals surface area contributed by atoms with E-state index in [-0.39, 0.29) is 11.7 Å². The Morgan fingerprint density at radius 1 is 1.42 bits per heavy atom. The zero-order chi connectivity index (χ0) is 13.8. The van der Waals surface area contributed by atoms with Gasteiger partial charge in [-0.2, -0.15) is 0 Å². The highest BCUT2D eigenvalue weighted by Gasteiger charge is 2.14. The standard InChI is InChI=1S/C12H12BrClFN3O/c1-19-5-4-18-11(7-14)16-17-12(18)8-2-3-9(13)10(15)6-8/h2-3,6H,4-5,7H2,1H3. The van der Waals surface area contributed by atoms with E-state index in [1.165, 1.54) is 6.07 Å². The van der Waals surface area contributed by atoms with Crippen molar-refractivity contribution < 1.29 is 9.13 Å². The lowest BCUT2D eigenvalue weighted by Gasteiger charge is -2.09. The first-order valence-electron chi connectivity index (χ1n) is 5.59. The smallest absolute Gasteiger partial charge is 0.164 e. The number of benzene rings is 1. The summed E-state index contributed by atoms with van der Waals surface area (Å²) < 4.78 is 20.9.